The molecular formula is C14H15N3O2S. The largest absolute Gasteiger partial charge is 0.378 e. The Morgan fingerprint density at radius 3 is 2.95 bits per heavy atom. The van der Waals surface area contributed by atoms with Crippen molar-refractivity contribution in [1.29, 1.82) is 0 Å². The first-order chi connectivity index (χ1) is 9.84. The van der Waals surface area contributed by atoms with E-state index >= 15 is 0 Å². The second-order valence-corrected chi connectivity index (χ2v) is 5.52. The molecule has 2 aromatic rings. The van der Waals surface area contributed by atoms with Gasteiger partial charge in [0.15, 0.2) is 0 Å². The zero-order valence-electron chi connectivity index (χ0n) is 11.0. The number of hydrogen-bond donors (Lipinski definition) is 0. The maximum atomic E-state index is 12.1. The van der Waals surface area contributed by atoms with Gasteiger partial charge in [-0.05, 0) is 6.07 Å². The van der Waals surface area contributed by atoms with E-state index in [2.05, 4.69) is 10.2 Å². The van der Waals surface area contributed by atoms with Crippen LogP contribution < -0.4 is 0 Å². The van der Waals surface area contributed by atoms with E-state index in [0.29, 0.717) is 32.1 Å². The number of ether oxygens (including phenoxy) is 1. The predicted molar refractivity (Wildman–Crippen MR) is 77.7 cm³/mol. The van der Waals surface area contributed by atoms with Gasteiger partial charge >= 0.3 is 0 Å². The van der Waals surface area contributed by atoms with Crippen molar-refractivity contribution in [2.45, 2.75) is 4.90 Å². The van der Waals surface area contributed by atoms with Gasteiger partial charge in [-0.25, -0.2) is 0 Å². The summed E-state index contributed by atoms with van der Waals surface area (Å²) in [6.07, 6.45) is 1.72. The highest BCUT2D eigenvalue weighted by Crippen LogP contribution is 2.25. The van der Waals surface area contributed by atoms with Crippen LogP contribution in [0.5, 0.6) is 0 Å². The molecule has 1 amide bonds. The molecule has 3 rings (SSSR count). The number of fused-ring (bicyclic) bond motifs is 1. The van der Waals surface area contributed by atoms with Gasteiger partial charge in [0.2, 0.25) is 5.91 Å². The SMILES string of the molecule is O=C(CSc1cnnc2ccccc12)N1CCOCC1. The van der Waals surface area contributed by atoms with E-state index in [4.69, 9.17) is 4.74 Å². The number of benzene rings is 1. The van der Waals surface area contributed by atoms with Crippen LogP contribution in [-0.2, 0) is 9.53 Å². The van der Waals surface area contributed by atoms with Gasteiger partial charge in [0.05, 0.1) is 30.7 Å². The smallest absolute Gasteiger partial charge is 0.233 e. The Labute approximate surface area is 121 Å². The molecule has 104 valence electrons. The number of morpholine rings is 1. The molecule has 20 heavy (non-hydrogen) atoms. The summed E-state index contributed by atoms with van der Waals surface area (Å²) in [4.78, 5) is 15.0. The van der Waals surface area contributed by atoms with Crippen LogP contribution in [0.4, 0.5) is 0 Å². The summed E-state index contributed by atoms with van der Waals surface area (Å²) >= 11 is 1.52. The third-order valence-electron chi connectivity index (χ3n) is 3.22. The summed E-state index contributed by atoms with van der Waals surface area (Å²) in [5, 5.41) is 9.11. The molecule has 5 nitrogen and oxygen atoms in total. The standard InChI is InChI=1S/C14H15N3O2S/c18-14(17-5-7-19-8-6-17)10-20-13-9-15-16-12-4-2-1-3-11(12)13/h1-4,9H,5-8,10H2. The second kappa shape index (κ2) is 6.19. The molecule has 1 aromatic carbocycles. The number of nitrogens with zero attached hydrogens (tertiary/aromatic N) is 3. The van der Waals surface area contributed by atoms with Gasteiger partial charge in [-0.3, -0.25) is 4.79 Å². The van der Waals surface area contributed by atoms with E-state index in [9.17, 15) is 4.79 Å². The zero-order valence-corrected chi connectivity index (χ0v) is 11.8. The fourth-order valence-electron chi connectivity index (χ4n) is 2.14. The van der Waals surface area contributed by atoms with E-state index in [0.717, 1.165) is 15.8 Å². The molecule has 0 aliphatic carbocycles. The minimum absolute atomic E-state index is 0.152. The van der Waals surface area contributed by atoms with Crippen molar-refractivity contribution < 1.29 is 9.53 Å². The summed E-state index contributed by atoms with van der Waals surface area (Å²) in [6.45, 7) is 2.65. The van der Waals surface area contributed by atoms with Gasteiger partial charge in [-0.1, -0.05) is 18.2 Å². The van der Waals surface area contributed by atoms with Gasteiger partial charge in [-0.2, -0.15) is 10.2 Å². The fourth-order valence-corrected chi connectivity index (χ4v) is 3.05. The van der Waals surface area contributed by atoms with Crippen molar-refractivity contribution in [2.24, 2.45) is 0 Å². The van der Waals surface area contributed by atoms with Gasteiger partial charge in [0, 0.05) is 23.4 Å². The lowest BCUT2D eigenvalue weighted by atomic mass is 10.2. The van der Waals surface area contributed by atoms with Crippen molar-refractivity contribution in [2.75, 3.05) is 32.1 Å². The van der Waals surface area contributed by atoms with Gasteiger partial charge in [0.1, 0.15) is 0 Å². The number of hydrogen-bond acceptors (Lipinski definition) is 5. The third-order valence-corrected chi connectivity index (χ3v) is 4.25. The highest BCUT2D eigenvalue weighted by atomic mass is 32.2. The first-order valence-electron chi connectivity index (χ1n) is 6.53. The third kappa shape index (κ3) is 2.91. The van der Waals surface area contributed by atoms with Crippen molar-refractivity contribution >= 4 is 28.6 Å². The van der Waals surface area contributed by atoms with Crippen LogP contribution in [0.3, 0.4) is 0 Å². The summed E-state index contributed by atoms with van der Waals surface area (Å²) in [6, 6.07) is 7.84. The summed E-state index contributed by atoms with van der Waals surface area (Å²) in [5.41, 5.74) is 0.858. The van der Waals surface area contributed by atoms with Crippen molar-refractivity contribution in [3.63, 3.8) is 0 Å². The quantitative estimate of drug-likeness (QED) is 0.803. The van der Waals surface area contributed by atoms with Crippen LogP contribution in [0.1, 0.15) is 0 Å². The van der Waals surface area contributed by atoms with E-state index in [1.54, 1.807) is 6.20 Å². The average Bonchev–Trinajstić information content (AvgIpc) is 2.53. The van der Waals surface area contributed by atoms with Gasteiger partial charge < -0.3 is 9.64 Å². The van der Waals surface area contributed by atoms with Crippen LogP contribution in [0.25, 0.3) is 10.9 Å². The molecule has 0 unspecified atom stereocenters. The maximum Gasteiger partial charge on any atom is 0.233 e. The molecule has 1 aliphatic rings. The fraction of sp³-hybridized carbons (Fsp3) is 0.357. The normalized spacial score (nSPS) is 15.5. The van der Waals surface area contributed by atoms with E-state index in [1.807, 2.05) is 29.2 Å². The van der Waals surface area contributed by atoms with Crippen LogP contribution in [0.2, 0.25) is 0 Å². The molecule has 0 N–H and O–H groups in total. The summed E-state index contributed by atoms with van der Waals surface area (Å²) < 4.78 is 5.25. The van der Waals surface area contributed by atoms with Crippen molar-refractivity contribution in [3.05, 3.63) is 30.5 Å². The number of aromatic nitrogens is 2. The Hall–Kier alpha value is -1.66. The summed E-state index contributed by atoms with van der Waals surface area (Å²) in [5.74, 6) is 0.578. The van der Waals surface area contributed by atoms with Crippen molar-refractivity contribution in [3.8, 4) is 0 Å². The molecule has 0 radical (unpaired) electrons. The number of thioether (sulfide) groups is 1. The Bertz CT molecular complexity index is 609. The first-order valence-corrected chi connectivity index (χ1v) is 7.52. The summed E-state index contributed by atoms with van der Waals surface area (Å²) in [7, 11) is 0. The minimum Gasteiger partial charge on any atom is -0.378 e. The van der Waals surface area contributed by atoms with Crippen LogP contribution in [0, 0.1) is 0 Å². The molecule has 6 heteroatoms. The van der Waals surface area contributed by atoms with Crippen LogP contribution >= 0.6 is 11.8 Å². The van der Waals surface area contributed by atoms with Crippen molar-refractivity contribution in [1.82, 2.24) is 15.1 Å². The molecule has 1 saturated heterocycles. The zero-order chi connectivity index (χ0) is 13.8. The Kier molecular flexibility index (Phi) is 4.13. The molecule has 1 fully saturated rings. The maximum absolute atomic E-state index is 12.1. The highest BCUT2D eigenvalue weighted by molar-refractivity contribution is 8.00. The Morgan fingerprint density at radius 2 is 2.10 bits per heavy atom. The molecule has 2 heterocycles. The second-order valence-electron chi connectivity index (χ2n) is 4.51. The number of amides is 1. The Balaban J connectivity index is 1.69. The minimum atomic E-state index is 0.152. The van der Waals surface area contributed by atoms with E-state index in [1.165, 1.54) is 11.8 Å². The first kappa shape index (κ1) is 13.3. The highest BCUT2D eigenvalue weighted by Gasteiger charge is 2.17. The monoisotopic (exact) mass is 289 g/mol. The molecule has 0 saturated carbocycles. The van der Waals surface area contributed by atoms with E-state index < -0.39 is 0 Å². The molecule has 1 aromatic heterocycles. The van der Waals surface area contributed by atoms with Crippen LogP contribution in [0.15, 0.2) is 35.4 Å². The molecular weight excluding hydrogens is 274 g/mol. The molecule has 0 bridgehead atoms. The lowest BCUT2D eigenvalue weighted by Gasteiger charge is -2.26. The lowest BCUT2D eigenvalue weighted by Crippen LogP contribution is -2.41. The topological polar surface area (TPSA) is 55.3 Å². The number of carbonyl (C=O) groups excluding carboxylic acids is 1. The predicted octanol–water partition coefficient (Wildman–Crippen LogP) is 1.58. The molecule has 0 spiro atoms. The lowest BCUT2D eigenvalue weighted by molar-refractivity contribution is -0.132. The molecule has 1 aliphatic heterocycles. The van der Waals surface area contributed by atoms with E-state index in [-0.39, 0.29) is 5.91 Å². The van der Waals surface area contributed by atoms with Gasteiger partial charge in [0.25, 0.3) is 0 Å². The van der Waals surface area contributed by atoms with Gasteiger partial charge in [-0.15, -0.1) is 11.8 Å². The molecule has 0 atom stereocenters. The average molecular weight is 289 g/mol. The number of rotatable bonds is 3. The Morgan fingerprint density at radius 1 is 1.30 bits per heavy atom. The van der Waals surface area contributed by atoms with Crippen LogP contribution in [-0.4, -0.2) is 53.1 Å². The number of carbonyl (C=O) groups is 1.